The van der Waals surface area contributed by atoms with Crippen LogP contribution in [0.25, 0.3) is 0 Å². The number of nitrogens with zero attached hydrogens (tertiary/aromatic N) is 1. The topological polar surface area (TPSA) is 28.7 Å². The van der Waals surface area contributed by atoms with Gasteiger partial charge in [-0.1, -0.05) is 0 Å². The zero-order valence-corrected chi connectivity index (χ0v) is 6.57. The highest BCUT2D eigenvalue weighted by atomic mass is 35.5. The van der Waals surface area contributed by atoms with Crippen molar-refractivity contribution in [2.45, 2.75) is 25.1 Å². The maximum absolute atomic E-state index is 6.03. The van der Waals surface area contributed by atoms with Crippen LogP contribution in [0.15, 0.2) is 0 Å². The number of halogens is 1. The maximum Gasteiger partial charge on any atom is 0.0672 e. The van der Waals surface area contributed by atoms with Crippen LogP contribution < -0.4 is 0 Å². The molecule has 1 heterocycles. The van der Waals surface area contributed by atoms with Crippen LogP contribution in [-0.2, 0) is 6.42 Å². The van der Waals surface area contributed by atoms with E-state index in [0.29, 0.717) is 0 Å². The summed E-state index contributed by atoms with van der Waals surface area (Å²) in [5.41, 5.74) is 3.53. The van der Waals surface area contributed by atoms with Crippen molar-refractivity contribution in [1.82, 2.24) is 10.2 Å². The molecular formula is C7H9ClN2. The number of rotatable bonds is 0. The van der Waals surface area contributed by atoms with Crippen LogP contribution in [-0.4, -0.2) is 10.2 Å². The van der Waals surface area contributed by atoms with Gasteiger partial charge >= 0.3 is 0 Å². The minimum absolute atomic E-state index is 0.203. The van der Waals surface area contributed by atoms with Crippen molar-refractivity contribution >= 4 is 11.6 Å². The molecule has 0 saturated heterocycles. The van der Waals surface area contributed by atoms with Gasteiger partial charge in [-0.25, -0.2) is 0 Å². The number of hydrogen-bond donors (Lipinski definition) is 1. The van der Waals surface area contributed by atoms with Crippen LogP contribution >= 0.6 is 11.6 Å². The summed E-state index contributed by atoms with van der Waals surface area (Å²) in [7, 11) is 0. The molecule has 1 aromatic rings. The fourth-order valence-corrected chi connectivity index (χ4v) is 1.90. The summed E-state index contributed by atoms with van der Waals surface area (Å²) in [5.74, 6) is 0. The average molecular weight is 157 g/mol. The van der Waals surface area contributed by atoms with Crippen molar-refractivity contribution in [3.63, 3.8) is 0 Å². The molecule has 1 aliphatic rings. The lowest BCUT2D eigenvalue weighted by Crippen LogP contribution is -1.84. The van der Waals surface area contributed by atoms with E-state index >= 15 is 0 Å². The van der Waals surface area contributed by atoms with Gasteiger partial charge in [-0.2, -0.15) is 5.10 Å². The summed E-state index contributed by atoms with van der Waals surface area (Å²) < 4.78 is 0. The van der Waals surface area contributed by atoms with Crippen molar-refractivity contribution in [1.29, 1.82) is 0 Å². The van der Waals surface area contributed by atoms with Crippen LogP contribution in [0.4, 0.5) is 0 Å². The van der Waals surface area contributed by atoms with Gasteiger partial charge in [0.2, 0.25) is 0 Å². The number of aryl methyl sites for hydroxylation is 2. The highest BCUT2D eigenvalue weighted by Crippen LogP contribution is 2.36. The standard InChI is InChI=1S/C7H9ClN2/c1-4-7-5(8)2-3-6(7)10-9-4/h5H,2-3H2,1H3,(H,9,10). The second kappa shape index (κ2) is 1.99. The summed E-state index contributed by atoms with van der Waals surface area (Å²) in [6.07, 6.45) is 2.09. The molecule has 1 aromatic heterocycles. The Balaban J connectivity index is 2.54. The molecule has 1 N–H and O–H groups in total. The van der Waals surface area contributed by atoms with E-state index < -0.39 is 0 Å². The van der Waals surface area contributed by atoms with Crippen molar-refractivity contribution in [2.24, 2.45) is 0 Å². The highest BCUT2D eigenvalue weighted by Gasteiger charge is 2.24. The van der Waals surface area contributed by atoms with Crippen LogP contribution in [0.1, 0.15) is 28.7 Å². The lowest BCUT2D eigenvalue weighted by molar-refractivity contribution is 0.834. The number of hydrogen-bond acceptors (Lipinski definition) is 1. The van der Waals surface area contributed by atoms with Gasteiger partial charge in [0.1, 0.15) is 0 Å². The van der Waals surface area contributed by atoms with Gasteiger partial charge in [-0.3, -0.25) is 5.10 Å². The smallest absolute Gasteiger partial charge is 0.0672 e. The van der Waals surface area contributed by atoms with E-state index in [0.717, 1.165) is 24.2 Å². The minimum atomic E-state index is 0.203. The van der Waals surface area contributed by atoms with Crippen molar-refractivity contribution < 1.29 is 0 Å². The normalized spacial score (nSPS) is 23.2. The molecule has 0 amide bonds. The monoisotopic (exact) mass is 156 g/mol. The van der Waals surface area contributed by atoms with Crippen LogP contribution in [0.5, 0.6) is 0 Å². The average Bonchev–Trinajstić information content (AvgIpc) is 2.40. The zero-order chi connectivity index (χ0) is 7.14. The molecule has 1 atom stereocenters. The number of aromatic nitrogens is 2. The molecule has 2 rings (SSSR count). The molecule has 54 valence electrons. The lowest BCUT2D eigenvalue weighted by Gasteiger charge is -1.97. The first-order chi connectivity index (χ1) is 4.79. The van der Waals surface area contributed by atoms with Crippen LogP contribution in [0.3, 0.4) is 0 Å². The van der Waals surface area contributed by atoms with Gasteiger partial charge in [0.15, 0.2) is 0 Å². The first kappa shape index (κ1) is 6.23. The van der Waals surface area contributed by atoms with Gasteiger partial charge in [-0.05, 0) is 19.8 Å². The predicted molar refractivity (Wildman–Crippen MR) is 40.2 cm³/mol. The van der Waals surface area contributed by atoms with E-state index in [1.807, 2.05) is 6.92 Å². The zero-order valence-electron chi connectivity index (χ0n) is 5.82. The molecule has 0 saturated carbocycles. The van der Waals surface area contributed by atoms with E-state index in [-0.39, 0.29) is 5.38 Å². The molecule has 1 unspecified atom stereocenters. The molecule has 3 heteroatoms. The first-order valence-electron chi connectivity index (χ1n) is 3.47. The second-order valence-electron chi connectivity index (χ2n) is 2.72. The SMILES string of the molecule is Cc1[nH]nc2c1C(Cl)CC2. The Kier molecular flexibility index (Phi) is 1.24. The van der Waals surface area contributed by atoms with E-state index in [1.165, 1.54) is 5.56 Å². The predicted octanol–water partition coefficient (Wildman–Crippen LogP) is 1.94. The Hall–Kier alpha value is -0.500. The van der Waals surface area contributed by atoms with Gasteiger partial charge in [0, 0.05) is 11.3 Å². The second-order valence-corrected chi connectivity index (χ2v) is 3.24. The number of nitrogens with one attached hydrogen (secondary N) is 1. The number of fused-ring (bicyclic) bond motifs is 1. The molecule has 0 aliphatic heterocycles. The van der Waals surface area contributed by atoms with E-state index in [4.69, 9.17) is 11.6 Å². The molecule has 1 aliphatic carbocycles. The van der Waals surface area contributed by atoms with E-state index in [1.54, 1.807) is 0 Å². The maximum atomic E-state index is 6.03. The molecule has 0 aromatic carbocycles. The third kappa shape index (κ3) is 0.686. The largest absolute Gasteiger partial charge is 0.282 e. The summed E-state index contributed by atoms with van der Waals surface area (Å²) in [6.45, 7) is 2.02. The van der Waals surface area contributed by atoms with Crippen molar-refractivity contribution in [3.8, 4) is 0 Å². The third-order valence-electron chi connectivity index (χ3n) is 2.02. The molecule has 0 fully saturated rings. The summed E-state index contributed by atoms with van der Waals surface area (Å²) in [6, 6.07) is 0. The number of alkyl halides is 1. The molecule has 2 nitrogen and oxygen atoms in total. The Bertz CT molecular complexity index is 254. The Morgan fingerprint density at radius 1 is 1.70 bits per heavy atom. The molecule has 0 spiro atoms. The van der Waals surface area contributed by atoms with Gasteiger partial charge in [0.05, 0.1) is 11.1 Å². The quantitative estimate of drug-likeness (QED) is 0.572. The summed E-state index contributed by atoms with van der Waals surface area (Å²) >= 11 is 6.03. The van der Waals surface area contributed by atoms with Crippen LogP contribution in [0.2, 0.25) is 0 Å². The number of aromatic amines is 1. The Morgan fingerprint density at radius 3 is 3.20 bits per heavy atom. The summed E-state index contributed by atoms with van der Waals surface area (Å²) in [5, 5.41) is 7.27. The fourth-order valence-electron chi connectivity index (χ4n) is 1.50. The minimum Gasteiger partial charge on any atom is -0.282 e. The Labute approximate surface area is 64.6 Å². The number of H-pyrrole nitrogens is 1. The van der Waals surface area contributed by atoms with Gasteiger partial charge in [-0.15, -0.1) is 11.6 Å². The molecule has 0 radical (unpaired) electrons. The lowest BCUT2D eigenvalue weighted by atomic mass is 10.2. The van der Waals surface area contributed by atoms with Crippen molar-refractivity contribution in [2.75, 3.05) is 0 Å². The molecular weight excluding hydrogens is 148 g/mol. The van der Waals surface area contributed by atoms with Gasteiger partial charge < -0.3 is 0 Å². The molecule has 10 heavy (non-hydrogen) atoms. The third-order valence-corrected chi connectivity index (χ3v) is 2.46. The Morgan fingerprint density at radius 2 is 2.50 bits per heavy atom. The van der Waals surface area contributed by atoms with E-state index in [9.17, 15) is 0 Å². The first-order valence-corrected chi connectivity index (χ1v) is 3.90. The van der Waals surface area contributed by atoms with Crippen LogP contribution in [0, 0.1) is 6.92 Å². The van der Waals surface area contributed by atoms with E-state index in [2.05, 4.69) is 10.2 Å². The highest BCUT2D eigenvalue weighted by molar-refractivity contribution is 6.21. The van der Waals surface area contributed by atoms with Gasteiger partial charge in [0.25, 0.3) is 0 Å². The molecule has 0 bridgehead atoms. The fraction of sp³-hybridized carbons (Fsp3) is 0.571. The van der Waals surface area contributed by atoms with Crippen molar-refractivity contribution in [3.05, 3.63) is 17.0 Å². The summed E-state index contributed by atoms with van der Waals surface area (Å²) in [4.78, 5) is 0.